The highest BCUT2D eigenvalue weighted by atomic mass is 32.2. The van der Waals surface area contributed by atoms with Gasteiger partial charge in [-0.05, 0) is 31.9 Å². The Kier molecular flexibility index (Phi) is 5.61. The summed E-state index contributed by atoms with van der Waals surface area (Å²) in [6.45, 7) is 12.5. The molecule has 1 aliphatic rings. The Morgan fingerprint density at radius 2 is 2.00 bits per heavy atom. The fourth-order valence-electron chi connectivity index (χ4n) is 3.97. The second-order valence-corrected chi connectivity index (χ2v) is 8.42. The average molecular weight is 387 g/mol. The van der Waals surface area contributed by atoms with E-state index in [-0.39, 0.29) is 0 Å². The van der Waals surface area contributed by atoms with Crippen LogP contribution in [-0.2, 0) is 11.3 Å². The Hall–Kier alpha value is -1.70. The van der Waals surface area contributed by atoms with Crippen LogP contribution in [0.2, 0.25) is 0 Å². The molecule has 144 valence electrons. The van der Waals surface area contributed by atoms with E-state index in [0.29, 0.717) is 0 Å². The summed E-state index contributed by atoms with van der Waals surface area (Å²) in [6, 6.07) is 4.45. The number of thioether (sulfide) groups is 1. The molecule has 7 heteroatoms. The zero-order valence-corrected chi connectivity index (χ0v) is 17.2. The molecule has 1 aromatic carbocycles. The third-order valence-corrected chi connectivity index (χ3v) is 6.05. The van der Waals surface area contributed by atoms with Gasteiger partial charge < -0.3 is 14.2 Å². The van der Waals surface area contributed by atoms with Gasteiger partial charge in [0.2, 0.25) is 5.16 Å². The summed E-state index contributed by atoms with van der Waals surface area (Å²) in [5.74, 6) is 1.01. The molecule has 4 rings (SSSR count). The number of nitrogens with zero attached hydrogens (tertiary/aromatic N) is 4. The van der Waals surface area contributed by atoms with E-state index in [0.717, 1.165) is 67.9 Å². The summed E-state index contributed by atoms with van der Waals surface area (Å²) < 4.78 is 7.76. The maximum atomic E-state index is 5.43. The third-order valence-electron chi connectivity index (χ3n) is 5.21. The fourth-order valence-corrected chi connectivity index (χ4v) is 4.79. The number of aryl methyl sites for hydroxylation is 3. The zero-order valence-electron chi connectivity index (χ0n) is 16.4. The lowest BCUT2D eigenvalue weighted by Gasteiger charge is -2.23. The second kappa shape index (κ2) is 8.12. The molecule has 27 heavy (non-hydrogen) atoms. The average Bonchev–Trinajstić information content (AvgIpc) is 2.96. The van der Waals surface area contributed by atoms with Crippen molar-refractivity contribution < 1.29 is 9.64 Å². The van der Waals surface area contributed by atoms with Gasteiger partial charge >= 0.3 is 0 Å². The Morgan fingerprint density at radius 1 is 1.19 bits per heavy atom. The number of ether oxygens (including phenoxy) is 1. The molecule has 0 amide bonds. The first-order valence-corrected chi connectivity index (χ1v) is 10.8. The van der Waals surface area contributed by atoms with Gasteiger partial charge in [-0.2, -0.15) is 0 Å². The lowest BCUT2D eigenvalue weighted by molar-refractivity contribution is -0.905. The zero-order chi connectivity index (χ0) is 18.8. The summed E-state index contributed by atoms with van der Waals surface area (Å²) in [5, 5.41) is 11.0. The number of nitrogens with one attached hydrogen (secondary N) is 1. The van der Waals surface area contributed by atoms with Crippen LogP contribution < -0.4 is 4.90 Å². The van der Waals surface area contributed by atoms with Gasteiger partial charge in [0, 0.05) is 11.9 Å². The van der Waals surface area contributed by atoms with E-state index in [2.05, 4.69) is 47.7 Å². The van der Waals surface area contributed by atoms with Crippen LogP contribution >= 0.6 is 11.8 Å². The van der Waals surface area contributed by atoms with Crippen molar-refractivity contribution in [2.75, 3.05) is 38.6 Å². The number of benzene rings is 1. The van der Waals surface area contributed by atoms with Crippen molar-refractivity contribution in [2.24, 2.45) is 0 Å². The van der Waals surface area contributed by atoms with Crippen LogP contribution in [0.1, 0.15) is 24.5 Å². The molecule has 0 atom stereocenters. The Balaban J connectivity index is 1.63. The molecule has 1 saturated heterocycles. The molecule has 6 nitrogen and oxygen atoms in total. The van der Waals surface area contributed by atoms with Crippen LogP contribution in [-0.4, -0.2) is 58.3 Å². The molecule has 3 heterocycles. The molecule has 1 fully saturated rings. The smallest absolute Gasteiger partial charge is 0.211 e. The van der Waals surface area contributed by atoms with Gasteiger partial charge in [-0.15, -0.1) is 10.2 Å². The number of hydrogen-bond acceptors (Lipinski definition) is 5. The largest absolute Gasteiger partial charge is 0.370 e. The van der Waals surface area contributed by atoms with Crippen LogP contribution in [0.15, 0.2) is 17.3 Å². The van der Waals surface area contributed by atoms with Gasteiger partial charge in [0.05, 0.1) is 31.0 Å². The van der Waals surface area contributed by atoms with Crippen molar-refractivity contribution in [1.29, 1.82) is 0 Å². The molecule has 0 bridgehead atoms. The minimum absolute atomic E-state index is 0.782. The quantitative estimate of drug-likeness (QED) is 0.657. The maximum absolute atomic E-state index is 5.43. The number of fused-ring (bicyclic) bond motifs is 3. The highest BCUT2D eigenvalue weighted by Gasteiger charge is 2.18. The SMILES string of the molecule is CCCn1c2nc(SCC[NH+]3CCOCC3)nnc2c2cc(C)cc(C)c21. The van der Waals surface area contributed by atoms with E-state index >= 15 is 0 Å². The van der Waals surface area contributed by atoms with Gasteiger partial charge in [0.15, 0.2) is 5.65 Å². The molecule has 0 spiro atoms. The predicted molar refractivity (Wildman–Crippen MR) is 110 cm³/mol. The van der Waals surface area contributed by atoms with Crippen LogP contribution in [0, 0.1) is 13.8 Å². The summed E-state index contributed by atoms with van der Waals surface area (Å²) in [6.07, 6.45) is 1.07. The lowest BCUT2D eigenvalue weighted by Crippen LogP contribution is -3.14. The van der Waals surface area contributed by atoms with E-state index in [4.69, 9.17) is 9.72 Å². The lowest BCUT2D eigenvalue weighted by atomic mass is 10.1. The van der Waals surface area contributed by atoms with Crippen LogP contribution in [0.25, 0.3) is 22.1 Å². The number of quaternary nitrogens is 1. The Morgan fingerprint density at radius 3 is 2.78 bits per heavy atom. The minimum atomic E-state index is 0.782. The molecule has 0 aliphatic carbocycles. The van der Waals surface area contributed by atoms with Crippen LogP contribution in [0.3, 0.4) is 0 Å². The summed E-state index contributed by atoms with van der Waals surface area (Å²) in [7, 11) is 0. The summed E-state index contributed by atoms with van der Waals surface area (Å²) in [4.78, 5) is 6.51. The van der Waals surface area contributed by atoms with Gasteiger partial charge in [0.1, 0.15) is 18.6 Å². The van der Waals surface area contributed by atoms with E-state index in [1.807, 2.05) is 0 Å². The molecule has 1 N–H and O–H groups in total. The van der Waals surface area contributed by atoms with E-state index < -0.39 is 0 Å². The van der Waals surface area contributed by atoms with E-state index in [9.17, 15) is 0 Å². The van der Waals surface area contributed by atoms with Gasteiger partial charge in [-0.25, -0.2) is 4.98 Å². The molecular formula is C20H28N5OS+. The third kappa shape index (κ3) is 3.81. The summed E-state index contributed by atoms with van der Waals surface area (Å²) >= 11 is 1.71. The molecule has 3 aromatic rings. The standard InChI is InChI=1S/C20H27N5OS/c1-4-5-25-18-15(3)12-14(2)13-16(18)17-19(25)21-20(23-22-17)27-11-8-24-6-9-26-10-7-24/h12-13H,4-11H2,1-3H3/p+1. The number of hydrogen-bond donors (Lipinski definition) is 1. The second-order valence-electron chi connectivity index (χ2n) is 7.36. The van der Waals surface area contributed by atoms with Crippen molar-refractivity contribution in [3.8, 4) is 0 Å². The normalized spacial score (nSPS) is 15.8. The molecule has 0 radical (unpaired) electrons. The Bertz CT molecular complexity index is 949. The van der Waals surface area contributed by atoms with Crippen molar-refractivity contribution in [2.45, 2.75) is 38.9 Å². The first kappa shape index (κ1) is 18.7. The van der Waals surface area contributed by atoms with Crippen molar-refractivity contribution in [3.05, 3.63) is 23.3 Å². The van der Waals surface area contributed by atoms with Crippen LogP contribution in [0.4, 0.5) is 0 Å². The number of aromatic nitrogens is 4. The van der Waals surface area contributed by atoms with Gasteiger partial charge in [0.25, 0.3) is 0 Å². The van der Waals surface area contributed by atoms with Crippen molar-refractivity contribution >= 4 is 33.8 Å². The molecule has 0 saturated carbocycles. The van der Waals surface area contributed by atoms with Gasteiger partial charge in [-0.3, -0.25) is 0 Å². The monoisotopic (exact) mass is 386 g/mol. The van der Waals surface area contributed by atoms with E-state index in [1.165, 1.54) is 22.0 Å². The molecule has 0 unspecified atom stereocenters. The minimum Gasteiger partial charge on any atom is -0.370 e. The van der Waals surface area contributed by atoms with Crippen LogP contribution in [0.5, 0.6) is 0 Å². The Labute approximate surface area is 164 Å². The maximum Gasteiger partial charge on any atom is 0.211 e. The first-order chi connectivity index (χ1) is 13.2. The summed E-state index contributed by atoms with van der Waals surface area (Å²) in [5.41, 5.74) is 5.68. The molecular weight excluding hydrogens is 358 g/mol. The molecule has 1 aliphatic heterocycles. The van der Waals surface area contributed by atoms with Gasteiger partial charge in [-0.1, -0.05) is 30.3 Å². The first-order valence-electron chi connectivity index (χ1n) is 9.85. The molecule has 2 aromatic heterocycles. The predicted octanol–water partition coefficient (Wildman–Crippen LogP) is 2.01. The fraction of sp³-hybridized carbons (Fsp3) is 0.550. The highest BCUT2D eigenvalue weighted by Crippen LogP contribution is 2.30. The number of morpholine rings is 1. The van der Waals surface area contributed by atoms with Crippen molar-refractivity contribution in [1.82, 2.24) is 19.7 Å². The highest BCUT2D eigenvalue weighted by molar-refractivity contribution is 7.99. The van der Waals surface area contributed by atoms with E-state index in [1.54, 1.807) is 16.7 Å². The topological polar surface area (TPSA) is 57.3 Å². The number of rotatable bonds is 6. The van der Waals surface area contributed by atoms with Crippen molar-refractivity contribution in [3.63, 3.8) is 0 Å².